The highest BCUT2D eigenvalue weighted by Gasteiger charge is 2.02. The Morgan fingerprint density at radius 2 is 2.16 bits per heavy atom. The van der Waals surface area contributed by atoms with Crippen LogP contribution in [0, 0.1) is 6.92 Å². The molecule has 19 heavy (non-hydrogen) atoms. The Kier molecular flexibility index (Phi) is 2.86. The van der Waals surface area contributed by atoms with Crippen LogP contribution in [0.2, 0.25) is 0 Å². The van der Waals surface area contributed by atoms with Gasteiger partial charge in [0.1, 0.15) is 11.6 Å². The lowest BCUT2D eigenvalue weighted by Crippen LogP contribution is -2.08. The molecule has 0 aliphatic heterocycles. The summed E-state index contributed by atoms with van der Waals surface area (Å²) in [6.07, 6.45) is 4.79. The fraction of sp³-hybridized carbons (Fsp3) is 0.333. The van der Waals surface area contributed by atoms with E-state index in [0.29, 0.717) is 0 Å². The molecule has 3 aromatic heterocycles. The van der Waals surface area contributed by atoms with Gasteiger partial charge >= 0.3 is 0 Å². The van der Waals surface area contributed by atoms with Crippen molar-refractivity contribution in [3.8, 4) is 0 Å². The molecule has 98 valence electrons. The molecule has 0 aliphatic carbocycles. The van der Waals surface area contributed by atoms with Crippen molar-refractivity contribution in [3.05, 3.63) is 35.9 Å². The number of anilines is 1. The van der Waals surface area contributed by atoms with Crippen LogP contribution in [0.1, 0.15) is 11.4 Å². The van der Waals surface area contributed by atoms with E-state index in [4.69, 9.17) is 0 Å². The number of aromatic nitrogens is 6. The lowest BCUT2D eigenvalue weighted by Gasteiger charge is -2.03. The number of nitrogens with zero attached hydrogens (tertiary/aromatic N) is 6. The quantitative estimate of drug-likeness (QED) is 0.749. The molecule has 0 fully saturated rings. The van der Waals surface area contributed by atoms with Gasteiger partial charge in [-0.1, -0.05) is 0 Å². The van der Waals surface area contributed by atoms with Crippen molar-refractivity contribution < 1.29 is 0 Å². The minimum atomic E-state index is 0.722. The normalized spacial score (nSPS) is 11.1. The zero-order valence-electron chi connectivity index (χ0n) is 10.9. The Balaban J connectivity index is 1.64. The van der Waals surface area contributed by atoms with Gasteiger partial charge in [0.2, 0.25) is 0 Å². The van der Waals surface area contributed by atoms with Gasteiger partial charge in [0.05, 0.1) is 6.20 Å². The third kappa shape index (κ3) is 2.54. The minimum Gasteiger partial charge on any atom is -0.368 e. The molecule has 0 radical (unpaired) electrons. The Morgan fingerprint density at radius 3 is 2.95 bits per heavy atom. The third-order valence-corrected chi connectivity index (χ3v) is 2.79. The van der Waals surface area contributed by atoms with Crippen LogP contribution in [-0.4, -0.2) is 36.1 Å². The van der Waals surface area contributed by atoms with Crippen molar-refractivity contribution in [3.63, 3.8) is 0 Å². The maximum absolute atomic E-state index is 4.34. The van der Waals surface area contributed by atoms with Crippen LogP contribution >= 0.6 is 0 Å². The number of aryl methyl sites for hydroxylation is 2. The first-order chi connectivity index (χ1) is 9.20. The predicted octanol–water partition coefficient (Wildman–Crippen LogP) is 0.821. The van der Waals surface area contributed by atoms with Gasteiger partial charge in [0.25, 0.3) is 0 Å². The topological polar surface area (TPSA) is 72.9 Å². The summed E-state index contributed by atoms with van der Waals surface area (Å²) in [6, 6.07) is 3.81. The van der Waals surface area contributed by atoms with E-state index < -0.39 is 0 Å². The Morgan fingerprint density at radius 1 is 1.26 bits per heavy atom. The van der Waals surface area contributed by atoms with E-state index in [2.05, 4.69) is 25.6 Å². The van der Waals surface area contributed by atoms with Crippen LogP contribution in [-0.2, 0) is 13.5 Å². The largest absolute Gasteiger partial charge is 0.368 e. The number of hydrogen-bond acceptors (Lipinski definition) is 5. The smallest absolute Gasteiger partial charge is 0.176 e. The minimum absolute atomic E-state index is 0.722. The summed E-state index contributed by atoms with van der Waals surface area (Å²) in [4.78, 5) is 4.24. The zero-order chi connectivity index (χ0) is 13.2. The van der Waals surface area contributed by atoms with E-state index in [1.54, 1.807) is 9.31 Å². The lowest BCUT2D eigenvalue weighted by atomic mass is 10.2. The molecule has 3 aromatic rings. The van der Waals surface area contributed by atoms with E-state index in [9.17, 15) is 0 Å². The summed E-state index contributed by atoms with van der Waals surface area (Å²) < 4.78 is 3.35. The average molecular weight is 257 g/mol. The van der Waals surface area contributed by atoms with Gasteiger partial charge in [-0.25, -0.2) is 4.98 Å². The summed E-state index contributed by atoms with van der Waals surface area (Å²) in [5, 5.41) is 15.9. The second kappa shape index (κ2) is 4.68. The van der Waals surface area contributed by atoms with Crippen molar-refractivity contribution >= 4 is 11.5 Å². The van der Waals surface area contributed by atoms with E-state index in [1.165, 1.54) is 5.56 Å². The number of hydrogen-bond donors (Lipinski definition) is 1. The Hall–Kier alpha value is -2.44. The Labute approximate surface area is 110 Å². The third-order valence-electron chi connectivity index (χ3n) is 2.79. The van der Waals surface area contributed by atoms with Crippen LogP contribution in [0.15, 0.2) is 24.5 Å². The van der Waals surface area contributed by atoms with E-state index in [1.807, 2.05) is 38.5 Å². The monoisotopic (exact) mass is 257 g/mol. The highest BCUT2D eigenvalue weighted by Crippen LogP contribution is 2.06. The molecule has 0 saturated heterocycles. The van der Waals surface area contributed by atoms with Gasteiger partial charge in [-0.2, -0.15) is 5.10 Å². The summed E-state index contributed by atoms with van der Waals surface area (Å²) in [5.41, 5.74) is 1.96. The number of fused-ring (bicyclic) bond motifs is 1. The molecular weight excluding hydrogens is 242 g/mol. The summed E-state index contributed by atoms with van der Waals surface area (Å²) in [6.45, 7) is 2.65. The van der Waals surface area contributed by atoms with Crippen LogP contribution in [0.4, 0.5) is 5.82 Å². The van der Waals surface area contributed by atoms with Crippen molar-refractivity contribution in [1.29, 1.82) is 0 Å². The number of rotatable bonds is 4. The molecular formula is C12H15N7. The molecule has 0 spiro atoms. The molecule has 0 unspecified atom stereocenters. The van der Waals surface area contributed by atoms with Gasteiger partial charge in [0, 0.05) is 19.8 Å². The lowest BCUT2D eigenvalue weighted by molar-refractivity contribution is 0.766. The van der Waals surface area contributed by atoms with E-state index in [-0.39, 0.29) is 0 Å². The molecule has 0 bridgehead atoms. The first kappa shape index (κ1) is 11.6. The molecule has 0 amide bonds. The van der Waals surface area contributed by atoms with Crippen LogP contribution < -0.4 is 5.32 Å². The van der Waals surface area contributed by atoms with Crippen LogP contribution in [0.5, 0.6) is 0 Å². The molecule has 0 atom stereocenters. The van der Waals surface area contributed by atoms with Crippen molar-refractivity contribution in [2.75, 3.05) is 11.9 Å². The average Bonchev–Trinajstić information content (AvgIpc) is 2.94. The highest BCUT2D eigenvalue weighted by molar-refractivity contribution is 5.43. The maximum atomic E-state index is 4.34. The van der Waals surface area contributed by atoms with Gasteiger partial charge in [0.15, 0.2) is 5.65 Å². The second-order valence-electron chi connectivity index (χ2n) is 4.42. The zero-order valence-corrected chi connectivity index (χ0v) is 10.9. The van der Waals surface area contributed by atoms with Gasteiger partial charge in [-0.15, -0.1) is 14.8 Å². The number of nitrogens with one attached hydrogen (secondary N) is 1. The molecule has 0 aromatic carbocycles. The molecule has 3 rings (SSSR count). The highest BCUT2D eigenvalue weighted by atomic mass is 15.5. The molecule has 1 N–H and O–H groups in total. The SMILES string of the molecule is Cc1nc2ccc(NCCc3cnn(C)c3)nn2n1. The summed E-state index contributed by atoms with van der Waals surface area (Å²) >= 11 is 0. The molecule has 7 heteroatoms. The van der Waals surface area contributed by atoms with Crippen molar-refractivity contribution in [1.82, 2.24) is 29.6 Å². The predicted molar refractivity (Wildman–Crippen MR) is 70.9 cm³/mol. The summed E-state index contributed by atoms with van der Waals surface area (Å²) in [5.74, 6) is 1.52. The summed E-state index contributed by atoms with van der Waals surface area (Å²) in [7, 11) is 1.92. The molecule has 3 heterocycles. The van der Waals surface area contributed by atoms with Gasteiger partial charge in [-0.3, -0.25) is 4.68 Å². The molecule has 0 aliphatic rings. The van der Waals surface area contributed by atoms with Crippen molar-refractivity contribution in [2.24, 2.45) is 7.05 Å². The second-order valence-corrected chi connectivity index (χ2v) is 4.42. The first-order valence-electron chi connectivity index (χ1n) is 6.13. The molecule has 0 saturated carbocycles. The standard InChI is InChI=1S/C12H15N7/c1-9-15-12-4-3-11(17-19(12)16-9)13-6-5-10-7-14-18(2)8-10/h3-4,7-8H,5-6H2,1-2H3,(H,13,17). The van der Waals surface area contributed by atoms with Gasteiger partial charge in [-0.05, 0) is 31.0 Å². The van der Waals surface area contributed by atoms with Crippen LogP contribution in [0.3, 0.4) is 0 Å². The fourth-order valence-electron chi connectivity index (χ4n) is 1.92. The van der Waals surface area contributed by atoms with E-state index in [0.717, 1.165) is 30.3 Å². The van der Waals surface area contributed by atoms with Crippen LogP contribution in [0.25, 0.3) is 5.65 Å². The molecule has 7 nitrogen and oxygen atoms in total. The Bertz CT molecular complexity index is 697. The first-order valence-corrected chi connectivity index (χ1v) is 6.13. The fourth-order valence-corrected chi connectivity index (χ4v) is 1.92. The van der Waals surface area contributed by atoms with E-state index >= 15 is 0 Å². The van der Waals surface area contributed by atoms with Gasteiger partial charge < -0.3 is 5.32 Å². The maximum Gasteiger partial charge on any atom is 0.176 e. The van der Waals surface area contributed by atoms with Crippen molar-refractivity contribution in [2.45, 2.75) is 13.3 Å².